The Kier molecular flexibility index (Phi) is 4.08. The molecule has 1 aliphatic heterocycles. The quantitative estimate of drug-likeness (QED) is 0.569. The molecule has 3 aromatic rings. The van der Waals surface area contributed by atoms with Crippen molar-refractivity contribution >= 4 is 40.1 Å². The van der Waals surface area contributed by atoms with Crippen molar-refractivity contribution in [1.82, 2.24) is 15.3 Å². The average Bonchev–Trinajstić information content (AvgIpc) is 2.95. The SMILES string of the molecule is Cc1nc2ccc(NC(=O)C[C@@H]3NC(=O)c4ccccc4NC3=O)cc2[nH]1. The molecule has 1 atom stereocenters. The third kappa shape index (κ3) is 3.37. The summed E-state index contributed by atoms with van der Waals surface area (Å²) in [5.74, 6) is -0.415. The predicted octanol–water partition coefficient (Wildman–Crippen LogP) is 1.95. The second kappa shape index (κ2) is 6.56. The summed E-state index contributed by atoms with van der Waals surface area (Å²) >= 11 is 0. The number of rotatable bonds is 3. The Labute approximate surface area is 154 Å². The molecular weight excluding hydrogens is 346 g/mol. The third-order valence-corrected chi connectivity index (χ3v) is 4.32. The molecule has 3 amide bonds. The van der Waals surface area contributed by atoms with Crippen molar-refractivity contribution in [3.8, 4) is 0 Å². The van der Waals surface area contributed by atoms with E-state index in [0.29, 0.717) is 16.9 Å². The lowest BCUT2D eigenvalue weighted by Gasteiger charge is -2.14. The number of benzene rings is 2. The van der Waals surface area contributed by atoms with Gasteiger partial charge in [0.15, 0.2) is 0 Å². The number of carbonyl (C=O) groups is 3. The van der Waals surface area contributed by atoms with Crippen molar-refractivity contribution in [3.05, 3.63) is 53.9 Å². The first-order valence-electron chi connectivity index (χ1n) is 8.46. The van der Waals surface area contributed by atoms with Crippen LogP contribution in [0.25, 0.3) is 11.0 Å². The monoisotopic (exact) mass is 363 g/mol. The Bertz CT molecular complexity index is 1070. The summed E-state index contributed by atoms with van der Waals surface area (Å²) in [5, 5.41) is 8.04. The number of hydrogen-bond donors (Lipinski definition) is 4. The molecule has 0 unspecified atom stereocenters. The fourth-order valence-corrected chi connectivity index (χ4v) is 3.07. The van der Waals surface area contributed by atoms with Gasteiger partial charge in [0.2, 0.25) is 11.8 Å². The highest BCUT2D eigenvalue weighted by Gasteiger charge is 2.29. The van der Waals surface area contributed by atoms with E-state index in [0.717, 1.165) is 16.9 Å². The van der Waals surface area contributed by atoms with Crippen LogP contribution in [-0.4, -0.2) is 33.7 Å². The number of hydrogen-bond acceptors (Lipinski definition) is 4. The number of imidazole rings is 1. The van der Waals surface area contributed by atoms with Crippen LogP contribution in [-0.2, 0) is 9.59 Å². The van der Waals surface area contributed by atoms with E-state index in [-0.39, 0.29) is 12.3 Å². The molecule has 4 rings (SSSR count). The van der Waals surface area contributed by atoms with Gasteiger partial charge in [-0.2, -0.15) is 0 Å². The normalized spacial score (nSPS) is 16.3. The van der Waals surface area contributed by atoms with Crippen LogP contribution in [0.15, 0.2) is 42.5 Å². The van der Waals surface area contributed by atoms with Crippen LogP contribution in [0.5, 0.6) is 0 Å². The number of nitrogens with zero attached hydrogens (tertiary/aromatic N) is 1. The molecule has 8 nitrogen and oxygen atoms in total. The van der Waals surface area contributed by atoms with Gasteiger partial charge < -0.3 is 20.9 Å². The van der Waals surface area contributed by atoms with Gasteiger partial charge in [0.1, 0.15) is 11.9 Å². The van der Waals surface area contributed by atoms with Crippen LogP contribution in [0.1, 0.15) is 22.6 Å². The van der Waals surface area contributed by atoms with Crippen LogP contribution in [0.2, 0.25) is 0 Å². The van der Waals surface area contributed by atoms with E-state index in [4.69, 9.17) is 0 Å². The summed E-state index contributed by atoms with van der Waals surface area (Å²) in [4.78, 5) is 44.5. The van der Waals surface area contributed by atoms with Gasteiger partial charge in [-0.15, -0.1) is 0 Å². The summed E-state index contributed by atoms with van der Waals surface area (Å²) in [6.07, 6.45) is -0.175. The van der Waals surface area contributed by atoms with E-state index >= 15 is 0 Å². The fraction of sp³-hybridized carbons (Fsp3) is 0.158. The zero-order chi connectivity index (χ0) is 19.0. The molecule has 1 aliphatic rings. The molecule has 0 saturated heterocycles. The van der Waals surface area contributed by atoms with Crippen LogP contribution in [0.4, 0.5) is 11.4 Å². The zero-order valence-electron chi connectivity index (χ0n) is 14.5. The molecular formula is C19H17N5O3. The van der Waals surface area contributed by atoms with E-state index in [9.17, 15) is 14.4 Å². The number of aryl methyl sites for hydroxylation is 1. The number of carbonyl (C=O) groups excluding carboxylic acids is 3. The number of para-hydroxylation sites is 1. The summed E-state index contributed by atoms with van der Waals surface area (Å²) < 4.78 is 0. The lowest BCUT2D eigenvalue weighted by Crippen LogP contribution is -2.43. The molecule has 0 saturated carbocycles. The van der Waals surface area contributed by atoms with E-state index in [2.05, 4.69) is 25.9 Å². The molecule has 27 heavy (non-hydrogen) atoms. The van der Waals surface area contributed by atoms with E-state index in [1.165, 1.54) is 0 Å². The van der Waals surface area contributed by atoms with Gasteiger partial charge >= 0.3 is 0 Å². The number of H-pyrrole nitrogens is 1. The molecule has 0 spiro atoms. The van der Waals surface area contributed by atoms with Gasteiger partial charge in [-0.1, -0.05) is 12.1 Å². The minimum atomic E-state index is -0.956. The van der Waals surface area contributed by atoms with E-state index in [1.807, 2.05) is 6.92 Å². The first-order valence-corrected chi connectivity index (χ1v) is 8.46. The summed E-state index contributed by atoms with van der Waals surface area (Å²) in [6.45, 7) is 1.85. The number of anilines is 2. The molecule has 4 N–H and O–H groups in total. The molecule has 0 radical (unpaired) electrons. The van der Waals surface area contributed by atoms with Crippen molar-refractivity contribution in [2.24, 2.45) is 0 Å². The lowest BCUT2D eigenvalue weighted by atomic mass is 10.1. The molecule has 0 fully saturated rings. The molecule has 8 heteroatoms. The number of fused-ring (bicyclic) bond motifs is 2. The number of amides is 3. The Morgan fingerprint density at radius 2 is 2.00 bits per heavy atom. The third-order valence-electron chi connectivity index (χ3n) is 4.32. The number of nitrogens with one attached hydrogen (secondary N) is 4. The molecule has 2 heterocycles. The van der Waals surface area contributed by atoms with Gasteiger partial charge in [-0.05, 0) is 37.3 Å². The maximum atomic E-state index is 12.4. The van der Waals surface area contributed by atoms with Crippen molar-refractivity contribution in [1.29, 1.82) is 0 Å². The van der Waals surface area contributed by atoms with E-state index < -0.39 is 17.9 Å². The Morgan fingerprint density at radius 1 is 1.19 bits per heavy atom. The van der Waals surface area contributed by atoms with Crippen molar-refractivity contribution in [3.63, 3.8) is 0 Å². The Morgan fingerprint density at radius 3 is 2.85 bits per heavy atom. The zero-order valence-corrected chi connectivity index (χ0v) is 14.5. The van der Waals surface area contributed by atoms with Gasteiger partial charge in [-0.25, -0.2) is 4.98 Å². The standard InChI is InChI=1S/C19H17N5O3/c1-10-20-14-7-6-11(8-15(14)21-10)22-17(25)9-16-19(27)23-13-5-3-2-4-12(13)18(26)24-16/h2-8,16H,9H2,1H3,(H,20,21)(H,22,25)(H,23,27)(H,24,26)/t16-/m0/s1. The highest BCUT2D eigenvalue weighted by Crippen LogP contribution is 2.20. The first kappa shape index (κ1) is 16.8. The molecule has 1 aromatic heterocycles. The number of aromatic nitrogens is 2. The van der Waals surface area contributed by atoms with Gasteiger partial charge in [0, 0.05) is 5.69 Å². The first-order chi connectivity index (χ1) is 13.0. The minimum Gasteiger partial charge on any atom is -0.342 e. The molecule has 2 aromatic carbocycles. The molecule has 0 aliphatic carbocycles. The van der Waals surface area contributed by atoms with Crippen LogP contribution in [0.3, 0.4) is 0 Å². The largest absolute Gasteiger partial charge is 0.342 e. The highest BCUT2D eigenvalue weighted by atomic mass is 16.2. The fourth-order valence-electron chi connectivity index (χ4n) is 3.07. The second-order valence-corrected chi connectivity index (χ2v) is 6.37. The Hall–Kier alpha value is -3.68. The van der Waals surface area contributed by atoms with Gasteiger partial charge in [-0.3, -0.25) is 14.4 Å². The highest BCUT2D eigenvalue weighted by molar-refractivity contribution is 6.11. The molecule has 0 bridgehead atoms. The van der Waals surface area contributed by atoms with Gasteiger partial charge in [0.05, 0.1) is 28.7 Å². The van der Waals surface area contributed by atoms with Gasteiger partial charge in [0.25, 0.3) is 5.91 Å². The van der Waals surface area contributed by atoms with E-state index in [1.54, 1.807) is 42.5 Å². The minimum absolute atomic E-state index is 0.175. The van der Waals surface area contributed by atoms with Crippen LogP contribution in [0, 0.1) is 6.92 Å². The van der Waals surface area contributed by atoms with Crippen molar-refractivity contribution < 1.29 is 14.4 Å². The molecule has 136 valence electrons. The maximum Gasteiger partial charge on any atom is 0.254 e. The van der Waals surface area contributed by atoms with Crippen LogP contribution < -0.4 is 16.0 Å². The maximum absolute atomic E-state index is 12.4. The Balaban J connectivity index is 1.47. The van der Waals surface area contributed by atoms with Crippen LogP contribution >= 0.6 is 0 Å². The summed E-state index contributed by atoms with van der Waals surface area (Å²) in [5.41, 5.74) is 3.00. The smallest absolute Gasteiger partial charge is 0.254 e. The van der Waals surface area contributed by atoms with Crippen molar-refractivity contribution in [2.45, 2.75) is 19.4 Å². The van der Waals surface area contributed by atoms with Crippen molar-refractivity contribution in [2.75, 3.05) is 10.6 Å². The topological polar surface area (TPSA) is 116 Å². The lowest BCUT2D eigenvalue weighted by molar-refractivity contribution is -0.122. The average molecular weight is 363 g/mol. The summed E-state index contributed by atoms with van der Waals surface area (Å²) in [7, 11) is 0. The summed E-state index contributed by atoms with van der Waals surface area (Å²) in [6, 6.07) is 11.1. The number of aromatic amines is 1. The predicted molar refractivity (Wildman–Crippen MR) is 100 cm³/mol. The second-order valence-electron chi connectivity index (χ2n) is 6.37.